The Balaban J connectivity index is 1.33. The number of rotatable bonds is 4. The molecule has 1 aliphatic heterocycles. The summed E-state index contributed by atoms with van der Waals surface area (Å²) in [4.78, 5) is 14.3. The number of aromatic nitrogens is 2. The average molecular weight is 355 g/mol. The molecule has 1 fully saturated rings. The van der Waals surface area contributed by atoms with Crippen LogP contribution < -0.4 is 0 Å². The fraction of sp³-hybridized carbons (Fsp3) is 0.316. The minimum absolute atomic E-state index is 0.0526. The Morgan fingerprint density at radius 2 is 1.92 bits per heavy atom. The quantitative estimate of drug-likeness (QED) is 0.717. The lowest BCUT2D eigenvalue weighted by Crippen LogP contribution is -2.38. The molecular formula is C19H18FN3O3. The molecule has 3 aromatic rings. The summed E-state index contributed by atoms with van der Waals surface area (Å²) in [7, 11) is 0. The number of carbonyl (C=O) groups excluding carboxylic acids is 1. The Kier molecular flexibility index (Phi) is 4.51. The highest BCUT2D eigenvalue weighted by Crippen LogP contribution is 2.29. The van der Waals surface area contributed by atoms with Gasteiger partial charge >= 0.3 is 0 Å². The van der Waals surface area contributed by atoms with Crippen molar-refractivity contribution in [3.05, 3.63) is 59.9 Å². The number of hydrogen-bond donors (Lipinski definition) is 0. The van der Waals surface area contributed by atoms with Crippen LogP contribution in [0.5, 0.6) is 0 Å². The van der Waals surface area contributed by atoms with E-state index in [9.17, 15) is 9.18 Å². The number of likely N-dealkylation sites (tertiary alicyclic amines) is 1. The van der Waals surface area contributed by atoms with E-state index in [2.05, 4.69) is 10.2 Å². The monoisotopic (exact) mass is 355 g/mol. The summed E-state index contributed by atoms with van der Waals surface area (Å²) in [5, 5.41) is 8.16. The lowest BCUT2D eigenvalue weighted by Gasteiger charge is -2.30. The molecule has 0 atom stereocenters. The van der Waals surface area contributed by atoms with Crippen molar-refractivity contribution in [1.29, 1.82) is 0 Å². The van der Waals surface area contributed by atoms with E-state index in [1.807, 2.05) is 4.90 Å². The van der Waals surface area contributed by atoms with Crippen LogP contribution in [0.4, 0.5) is 4.39 Å². The Hall–Kier alpha value is -2.96. The third kappa shape index (κ3) is 3.51. The lowest BCUT2D eigenvalue weighted by molar-refractivity contribution is -0.131. The van der Waals surface area contributed by atoms with Gasteiger partial charge in [0.05, 0.1) is 12.7 Å². The van der Waals surface area contributed by atoms with Gasteiger partial charge in [0.1, 0.15) is 5.82 Å². The first-order valence-corrected chi connectivity index (χ1v) is 8.58. The maximum absolute atomic E-state index is 13.0. The van der Waals surface area contributed by atoms with Crippen molar-refractivity contribution in [3.8, 4) is 11.7 Å². The highest BCUT2D eigenvalue weighted by Gasteiger charge is 2.27. The number of amides is 1. The zero-order valence-corrected chi connectivity index (χ0v) is 14.1. The van der Waals surface area contributed by atoms with Gasteiger partial charge in [-0.3, -0.25) is 4.79 Å². The Morgan fingerprint density at radius 1 is 1.15 bits per heavy atom. The molecule has 0 saturated carbocycles. The second kappa shape index (κ2) is 7.11. The minimum atomic E-state index is -0.296. The van der Waals surface area contributed by atoms with E-state index in [4.69, 9.17) is 8.83 Å². The number of hydrogen-bond acceptors (Lipinski definition) is 5. The summed E-state index contributed by atoms with van der Waals surface area (Å²) >= 11 is 0. The predicted octanol–water partition coefficient (Wildman–Crippen LogP) is 3.42. The van der Waals surface area contributed by atoms with Crippen molar-refractivity contribution < 1.29 is 18.0 Å². The molecule has 26 heavy (non-hydrogen) atoms. The maximum Gasteiger partial charge on any atom is 0.283 e. The first-order valence-electron chi connectivity index (χ1n) is 8.58. The fourth-order valence-corrected chi connectivity index (χ4v) is 3.16. The number of benzene rings is 1. The normalized spacial score (nSPS) is 15.3. The van der Waals surface area contributed by atoms with E-state index in [-0.39, 0.29) is 24.1 Å². The molecule has 1 amide bonds. The first kappa shape index (κ1) is 16.5. The number of halogens is 1. The molecule has 6 nitrogen and oxygen atoms in total. The second-order valence-electron chi connectivity index (χ2n) is 6.38. The largest absolute Gasteiger partial charge is 0.459 e. The smallest absolute Gasteiger partial charge is 0.283 e. The number of furan rings is 1. The zero-order chi connectivity index (χ0) is 17.9. The van der Waals surface area contributed by atoms with Gasteiger partial charge in [-0.15, -0.1) is 10.2 Å². The summed E-state index contributed by atoms with van der Waals surface area (Å²) in [5.41, 5.74) is 0.818. The van der Waals surface area contributed by atoms with Crippen LogP contribution in [0, 0.1) is 5.82 Å². The minimum Gasteiger partial charge on any atom is -0.459 e. The number of carbonyl (C=O) groups is 1. The van der Waals surface area contributed by atoms with E-state index >= 15 is 0 Å². The molecule has 2 aromatic heterocycles. The van der Waals surface area contributed by atoms with Gasteiger partial charge in [0.2, 0.25) is 11.8 Å². The second-order valence-corrected chi connectivity index (χ2v) is 6.38. The van der Waals surface area contributed by atoms with E-state index in [0.29, 0.717) is 30.6 Å². The molecule has 0 aliphatic carbocycles. The third-order valence-electron chi connectivity index (χ3n) is 4.64. The lowest BCUT2D eigenvalue weighted by atomic mass is 9.96. The van der Waals surface area contributed by atoms with Gasteiger partial charge < -0.3 is 13.7 Å². The van der Waals surface area contributed by atoms with Gasteiger partial charge in [0.15, 0.2) is 5.76 Å². The van der Waals surface area contributed by atoms with E-state index in [1.54, 1.807) is 30.5 Å². The Bertz CT molecular complexity index is 866. The fourth-order valence-electron chi connectivity index (χ4n) is 3.16. The SMILES string of the molecule is O=C(Cc1ccc(F)cc1)N1CCC(c2nnc(-c3ccco3)o2)CC1. The highest BCUT2D eigenvalue weighted by molar-refractivity contribution is 5.78. The molecule has 134 valence electrons. The summed E-state index contributed by atoms with van der Waals surface area (Å²) in [6.07, 6.45) is 3.39. The zero-order valence-electron chi connectivity index (χ0n) is 14.1. The Labute approximate surface area is 149 Å². The molecule has 1 saturated heterocycles. The van der Waals surface area contributed by atoms with Crippen molar-refractivity contribution in [2.45, 2.75) is 25.2 Å². The van der Waals surface area contributed by atoms with E-state index in [1.165, 1.54) is 12.1 Å². The van der Waals surface area contributed by atoms with Crippen LogP contribution >= 0.6 is 0 Å². The van der Waals surface area contributed by atoms with Crippen LogP contribution in [0.2, 0.25) is 0 Å². The number of nitrogens with zero attached hydrogens (tertiary/aromatic N) is 3. The van der Waals surface area contributed by atoms with Crippen LogP contribution in [0.25, 0.3) is 11.7 Å². The van der Waals surface area contributed by atoms with Gasteiger partial charge in [0.25, 0.3) is 5.89 Å². The highest BCUT2D eigenvalue weighted by atomic mass is 19.1. The summed E-state index contributed by atoms with van der Waals surface area (Å²) in [6.45, 7) is 1.28. The maximum atomic E-state index is 13.0. The van der Waals surface area contributed by atoms with Crippen molar-refractivity contribution >= 4 is 5.91 Å². The molecule has 7 heteroatoms. The summed E-state index contributed by atoms with van der Waals surface area (Å²) in [6, 6.07) is 9.59. The first-order chi connectivity index (χ1) is 12.7. The molecule has 0 N–H and O–H groups in total. The molecule has 1 aliphatic rings. The van der Waals surface area contributed by atoms with Crippen molar-refractivity contribution in [1.82, 2.24) is 15.1 Å². The molecule has 4 rings (SSSR count). The van der Waals surface area contributed by atoms with Crippen molar-refractivity contribution in [2.24, 2.45) is 0 Å². The molecule has 1 aromatic carbocycles. The molecule has 3 heterocycles. The number of piperidine rings is 1. The molecule has 0 unspecified atom stereocenters. The molecule has 0 spiro atoms. The molecule has 0 bridgehead atoms. The summed E-state index contributed by atoms with van der Waals surface area (Å²) < 4.78 is 23.9. The van der Waals surface area contributed by atoms with Crippen molar-refractivity contribution in [2.75, 3.05) is 13.1 Å². The van der Waals surface area contributed by atoms with Gasteiger partial charge in [-0.2, -0.15) is 0 Å². The van der Waals surface area contributed by atoms with Crippen LogP contribution in [0.15, 0.2) is 51.5 Å². The van der Waals surface area contributed by atoms with Crippen LogP contribution in [-0.4, -0.2) is 34.1 Å². The standard InChI is InChI=1S/C19H18FN3O3/c20-15-5-3-13(4-6-15)12-17(24)23-9-7-14(8-10-23)18-21-22-19(26-18)16-2-1-11-25-16/h1-6,11,14H,7-10,12H2. The summed E-state index contributed by atoms with van der Waals surface area (Å²) in [5.74, 6) is 1.41. The third-order valence-corrected chi connectivity index (χ3v) is 4.64. The van der Waals surface area contributed by atoms with Gasteiger partial charge in [-0.1, -0.05) is 12.1 Å². The van der Waals surface area contributed by atoms with Gasteiger partial charge in [-0.25, -0.2) is 4.39 Å². The van der Waals surface area contributed by atoms with Gasteiger partial charge in [-0.05, 0) is 42.7 Å². The average Bonchev–Trinajstić information content (AvgIpc) is 3.35. The predicted molar refractivity (Wildman–Crippen MR) is 90.7 cm³/mol. The van der Waals surface area contributed by atoms with Crippen molar-refractivity contribution in [3.63, 3.8) is 0 Å². The topological polar surface area (TPSA) is 72.4 Å². The van der Waals surface area contributed by atoms with Crippen LogP contribution in [0.1, 0.15) is 30.2 Å². The Morgan fingerprint density at radius 3 is 2.62 bits per heavy atom. The van der Waals surface area contributed by atoms with E-state index in [0.717, 1.165) is 18.4 Å². The molecular weight excluding hydrogens is 337 g/mol. The molecule has 0 radical (unpaired) electrons. The van der Waals surface area contributed by atoms with Crippen LogP contribution in [-0.2, 0) is 11.2 Å². The van der Waals surface area contributed by atoms with E-state index < -0.39 is 0 Å². The van der Waals surface area contributed by atoms with Crippen LogP contribution in [0.3, 0.4) is 0 Å². The van der Waals surface area contributed by atoms with Gasteiger partial charge in [0, 0.05) is 19.0 Å².